The second-order valence-corrected chi connectivity index (χ2v) is 9.12. The van der Waals surface area contributed by atoms with Gasteiger partial charge in [-0.05, 0) is 43.7 Å². The van der Waals surface area contributed by atoms with Gasteiger partial charge in [-0.3, -0.25) is 9.89 Å². The smallest absolute Gasteiger partial charge is 0.193 e. The third kappa shape index (κ3) is 7.03. The zero-order valence-corrected chi connectivity index (χ0v) is 20.3. The van der Waals surface area contributed by atoms with Gasteiger partial charge in [0.25, 0.3) is 0 Å². The summed E-state index contributed by atoms with van der Waals surface area (Å²) in [4.78, 5) is 10.7. The Bertz CT molecular complexity index is 600. The van der Waals surface area contributed by atoms with Gasteiger partial charge in [-0.25, -0.2) is 0 Å². The van der Waals surface area contributed by atoms with Crippen molar-refractivity contribution in [3.05, 3.63) is 21.3 Å². The van der Waals surface area contributed by atoms with Crippen molar-refractivity contribution in [1.29, 1.82) is 0 Å². The van der Waals surface area contributed by atoms with Gasteiger partial charge in [-0.15, -0.1) is 35.3 Å². The largest absolute Gasteiger partial charge is 0.382 e. The summed E-state index contributed by atoms with van der Waals surface area (Å²) in [7, 11) is 1.89. The summed E-state index contributed by atoms with van der Waals surface area (Å²) < 4.78 is 6.42. The second-order valence-electron chi connectivity index (χ2n) is 7.32. The van der Waals surface area contributed by atoms with Gasteiger partial charge in [0.1, 0.15) is 0 Å². The highest BCUT2D eigenvalue weighted by Crippen LogP contribution is 2.48. The predicted molar refractivity (Wildman–Crippen MR) is 126 cm³/mol. The number of nitrogens with zero attached hydrogens (tertiary/aromatic N) is 3. The molecule has 1 saturated heterocycles. The molecule has 2 heterocycles. The maximum Gasteiger partial charge on any atom is 0.193 e. The van der Waals surface area contributed by atoms with Crippen molar-refractivity contribution < 1.29 is 4.74 Å². The Morgan fingerprint density at radius 1 is 1.30 bits per heavy atom. The molecule has 1 aromatic heterocycles. The van der Waals surface area contributed by atoms with Crippen molar-refractivity contribution in [3.8, 4) is 0 Å². The maximum atomic E-state index is 6.04. The first-order valence-electron chi connectivity index (χ1n) is 9.64. The van der Waals surface area contributed by atoms with Crippen LogP contribution in [0.15, 0.2) is 17.1 Å². The Morgan fingerprint density at radius 2 is 2.04 bits per heavy atom. The number of hydrogen-bond acceptors (Lipinski definition) is 4. The number of thiophene rings is 1. The molecule has 0 bridgehead atoms. The molecular weight excluding hydrogens is 495 g/mol. The van der Waals surface area contributed by atoms with Gasteiger partial charge in [0, 0.05) is 64.4 Å². The van der Waals surface area contributed by atoms with E-state index >= 15 is 0 Å². The van der Waals surface area contributed by atoms with E-state index in [0.29, 0.717) is 5.41 Å². The molecule has 1 aliphatic carbocycles. The molecule has 0 radical (unpaired) electrons. The molecule has 0 unspecified atom stereocenters. The average Bonchev–Trinajstić information content (AvgIpc) is 3.30. The van der Waals surface area contributed by atoms with Crippen molar-refractivity contribution >= 4 is 52.9 Å². The fourth-order valence-electron chi connectivity index (χ4n) is 3.50. The fraction of sp³-hybridized carbons (Fsp3) is 0.737. The number of rotatable bonds is 8. The molecule has 2 fully saturated rings. The highest BCUT2D eigenvalue weighted by molar-refractivity contribution is 14.0. The molecule has 154 valence electrons. The van der Waals surface area contributed by atoms with Crippen LogP contribution in [0.25, 0.3) is 0 Å². The molecule has 5 nitrogen and oxygen atoms in total. The maximum absolute atomic E-state index is 6.04. The van der Waals surface area contributed by atoms with Gasteiger partial charge in [0.15, 0.2) is 5.96 Å². The van der Waals surface area contributed by atoms with Gasteiger partial charge >= 0.3 is 0 Å². The number of piperazine rings is 1. The van der Waals surface area contributed by atoms with Crippen LogP contribution in [0.5, 0.6) is 0 Å². The first-order valence-corrected chi connectivity index (χ1v) is 10.8. The number of guanidine groups is 1. The number of aliphatic imine (C=N–C) groups is 1. The number of halogens is 2. The first kappa shape index (κ1) is 23.2. The fourth-order valence-corrected chi connectivity index (χ4v) is 4.63. The van der Waals surface area contributed by atoms with Crippen LogP contribution in [-0.4, -0.2) is 68.7 Å². The van der Waals surface area contributed by atoms with E-state index < -0.39 is 0 Å². The summed E-state index contributed by atoms with van der Waals surface area (Å²) in [5.41, 5.74) is 0.436. The van der Waals surface area contributed by atoms with Crippen LogP contribution in [-0.2, 0) is 11.3 Å². The Hall–Kier alpha value is -0.0900. The molecule has 2 aliphatic rings. The summed E-state index contributed by atoms with van der Waals surface area (Å²) in [5.74, 6) is 1.05. The molecule has 3 rings (SSSR count). The van der Waals surface area contributed by atoms with Gasteiger partial charge < -0.3 is 15.0 Å². The molecule has 0 spiro atoms. The Labute approximate surface area is 189 Å². The predicted octanol–water partition coefficient (Wildman–Crippen LogP) is 3.92. The van der Waals surface area contributed by atoms with Crippen LogP contribution < -0.4 is 5.32 Å². The van der Waals surface area contributed by atoms with Crippen LogP contribution in [0.4, 0.5) is 0 Å². The third-order valence-electron chi connectivity index (χ3n) is 5.45. The lowest BCUT2D eigenvalue weighted by molar-refractivity contribution is 0.128. The average molecular weight is 527 g/mol. The van der Waals surface area contributed by atoms with Crippen LogP contribution in [0, 0.1) is 5.41 Å². The van der Waals surface area contributed by atoms with E-state index in [0.717, 1.165) is 69.2 Å². The summed E-state index contributed by atoms with van der Waals surface area (Å²) in [6.45, 7) is 9.92. The molecule has 1 saturated carbocycles. The topological polar surface area (TPSA) is 40.1 Å². The van der Waals surface area contributed by atoms with Crippen molar-refractivity contribution in [1.82, 2.24) is 15.1 Å². The van der Waals surface area contributed by atoms with E-state index in [-0.39, 0.29) is 24.0 Å². The van der Waals surface area contributed by atoms with E-state index in [1.807, 2.05) is 13.1 Å². The summed E-state index contributed by atoms with van der Waals surface area (Å²) in [6, 6.07) is 4.13. The quantitative estimate of drug-likeness (QED) is 0.241. The van der Waals surface area contributed by atoms with E-state index in [1.54, 1.807) is 11.3 Å². The van der Waals surface area contributed by atoms with Gasteiger partial charge in [-0.2, -0.15) is 0 Å². The highest BCUT2D eigenvalue weighted by Gasteiger charge is 2.42. The van der Waals surface area contributed by atoms with Crippen molar-refractivity contribution in [2.24, 2.45) is 10.4 Å². The lowest BCUT2D eigenvalue weighted by Gasteiger charge is -2.36. The second kappa shape index (κ2) is 11.2. The molecule has 8 heteroatoms. The molecule has 1 aliphatic heterocycles. The molecule has 1 N–H and O–H groups in total. The van der Waals surface area contributed by atoms with E-state index in [1.165, 1.54) is 17.7 Å². The lowest BCUT2D eigenvalue weighted by Crippen LogP contribution is -2.52. The minimum Gasteiger partial charge on any atom is -0.382 e. The van der Waals surface area contributed by atoms with E-state index in [4.69, 9.17) is 16.3 Å². The van der Waals surface area contributed by atoms with Crippen molar-refractivity contribution in [3.63, 3.8) is 0 Å². The van der Waals surface area contributed by atoms with E-state index in [2.05, 4.69) is 33.1 Å². The monoisotopic (exact) mass is 526 g/mol. The molecular formula is C19H32ClIN4OS. The minimum absolute atomic E-state index is 0. The summed E-state index contributed by atoms with van der Waals surface area (Å²) in [5, 5.41) is 3.62. The zero-order chi connectivity index (χ0) is 18.4. The molecule has 0 amide bonds. The van der Waals surface area contributed by atoms with Gasteiger partial charge in [0.05, 0.1) is 4.34 Å². The van der Waals surface area contributed by atoms with Crippen molar-refractivity contribution in [2.75, 3.05) is 53.0 Å². The Balaban J connectivity index is 0.00000261. The standard InChI is InChI=1S/C19H31ClN4OS.HI/c1-3-25-13-8-19(6-7-19)15-22-18(21-2)24-11-9-23(10-12-24)14-16-4-5-17(20)26-16;/h4-5H,3,6-15H2,1-2H3,(H,21,22);1H. The number of hydrogen-bond donors (Lipinski definition) is 1. The normalized spacial score (nSPS) is 19.7. The molecule has 0 atom stereocenters. The first-order chi connectivity index (χ1) is 12.6. The Morgan fingerprint density at radius 3 is 2.59 bits per heavy atom. The number of nitrogens with one attached hydrogen (secondary N) is 1. The summed E-state index contributed by atoms with van der Waals surface area (Å²) in [6.07, 6.45) is 3.77. The highest BCUT2D eigenvalue weighted by atomic mass is 127. The molecule has 0 aromatic carbocycles. The molecule has 1 aromatic rings. The SMILES string of the molecule is CCOCCC1(CNC(=NC)N2CCN(Cc3ccc(Cl)s3)CC2)CC1.I. The zero-order valence-electron chi connectivity index (χ0n) is 16.4. The van der Waals surface area contributed by atoms with Gasteiger partial charge in [-0.1, -0.05) is 11.6 Å². The molecule has 27 heavy (non-hydrogen) atoms. The van der Waals surface area contributed by atoms with Crippen molar-refractivity contribution in [2.45, 2.75) is 32.7 Å². The van der Waals surface area contributed by atoms with Crippen LogP contribution >= 0.6 is 46.9 Å². The Kier molecular flexibility index (Phi) is 9.61. The lowest BCUT2D eigenvalue weighted by atomic mass is 10.0. The summed E-state index contributed by atoms with van der Waals surface area (Å²) >= 11 is 7.72. The van der Waals surface area contributed by atoms with Gasteiger partial charge in [0.2, 0.25) is 0 Å². The minimum atomic E-state index is 0. The van der Waals surface area contributed by atoms with E-state index in [9.17, 15) is 0 Å². The third-order valence-corrected chi connectivity index (χ3v) is 6.67. The van der Waals surface area contributed by atoms with Crippen LogP contribution in [0.2, 0.25) is 4.34 Å². The van der Waals surface area contributed by atoms with Crippen LogP contribution in [0.3, 0.4) is 0 Å². The number of ether oxygens (including phenoxy) is 1. The van der Waals surface area contributed by atoms with Crippen LogP contribution in [0.1, 0.15) is 31.1 Å².